The second-order valence-corrected chi connectivity index (χ2v) is 3.67. The van der Waals surface area contributed by atoms with Crippen LogP contribution >= 0.6 is 0 Å². The van der Waals surface area contributed by atoms with Crippen LogP contribution in [0.15, 0.2) is 0 Å². The van der Waals surface area contributed by atoms with Gasteiger partial charge < -0.3 is 19.7 Å². The fraction of sp³-hybridized carbons (Fsp3) is 0.900. The first-order chi connectivity index (χ1) is 7.27. The number of cyclic esters (lactones) is 1. The van der Waals surface area contributed by atoms with Crippen molar-refractivity contribution >= 4 is 6.09 Å². The van der Waals surface area contributed by atoms with Crippen LogP contribution in [0.1, 0.15) is 13.3 Å². The lowest BCUT2D eigenvalue weighted by Crippen LogP contribution is -2.44. The SMILES string of the molecule is CCCNC(COC)CN1CCOC1=O. The summed E-state index contributed by atoms with van der Waals surface area (Å²) in [6, 6.07) is 0.195. The van der Waals surface area contributed by atoms with Crippen LogP contribution in [0.2, 0.25) is 0 Å². The normalized spacial score (nSPS) is 18.0. The van der Waals surface area contributed by atoms with Crippen LogP contribution in [0.25, 0.3) is 0 Å². The predicted octanol–water partition coefficient (Wildman–Crippen LogP) is 0.453. The second-order valence-electron chi connectivity index (χ2n) is 3.67. The van der Waals surface area contributed by atoms with E-state index in [0.29, 0.717) is 26.3 Å². The lowest BCUT2D eigenvalue weighted by Gasteiger charge is -2.22. The minimum atomic E-state index is -0.214. The van der Waals surface area contributed by atoms with E-state index >= 15 is 0 Å². The van der Waals surface area contributed by atoms with Crippen molar-refractivity contribution in [3.8, 4) is 0 Å². The summed E-state index contributed by atoms with van der Waals surface area (Å²) in [5.74, 6) is 0. The van der Waals surface area contributed by atoms with E-state index in [2.05, 4.69) is 12.2 Å². The van der Waals surface area contributed by atoms with Gasteiger partial charge in [-0.2, -0.15) is 0 Å². The summed E-state index contributed by atoms with van der Waals surface area (Å²) in [4.78, 5) is 12.9. The largest absolute Gasteiger partial charge is 0.448 e. The van der Waals surface area contributed by atoms with Crippen LogP contribution in [-0.2, 0) is 9.47 Å². The lowest BCUT2D eigenvalue weighted by molar-refractivity contribution is 0.135. The quantitative estimate of drug-likeness (QED) is 0.671. The molecule has 0 aromatic heterocycles. The Morgan fingerprint density at radius 2 is 2.47 bits per heavy atom. The van der Waals surface area contributed by atoms with Crippen molar-refractivity contribution in [2.24, 2.45) is 0 Å². The van der Waals surface area contributed by atoms with Crippen molar-refractivity contribution in [3.63, 3.8) is 0 Å². The van der Waals surface area contributed by atoms with Crippen molar-refractivity contribution in [2.75, 3.05) is 40.0 Å². The third-order valence-electron chi connectivity index (χ3n) is 2.34. The topological polar surface area (TPSA) is 50.8 Å². The zero-order chi connectivity index (χ0) is 11.1. The predicted molar refractivity (Wildman–Crippen MR) is 56.9 cm³/mol. The molecule has 0 aromatic rings. The van der Waals surface area contributed by atoms with E-state index in [1.807, 2.05) is 0 Å². The summed E-state index contributed by atoms with van der Waals surface area (Å²) in [6.07, 6.45) is 0.861. The van der Waals surface area contributed by atoms with Gasteiger partial charge in [0, 0.05) is 19.7 Å². The van der Waals surface area contributed by atoms with Gasteiger partial charge in [-0.3, -0.25) is 0 Å². The highest BCUT2D eigenvalue weighted by Crippen LogP contribution is 2.04. The zero-order valence-electron chi connectivity index (χ0n) is 9.49. The molecule has 1 amide bonds. The van der Waals surface area contributed by atoms with Crippen molar-refractivity contribution < 1.29 is 14.3 Å². The number of rotatable bonds is 7. The van der Waals surface area contributed by atoms with E-state index in [0.717, 1.165) is 13.0 Å². The molecule has 5 heteroatoms. The van der Waals surface area contributed by atoms with E-state index in [4.69, 9.17) is 9.47 Å². The second kappa shape index (κ2) is 6.63. The Kier molecular flexibility index (Phi) is 5.42. The molecule has 1 heterocycles. The molecule has 0 radical (unpaired) electrons. The highest BCUT2D eigenvalue weighted by Gasteiger charge is 2.24. The Morgan fingerprint density at radius 3 is 3.00 bits per heavy atom. The number of nitrogens with zero attached hydrogens (tertiary/aromatic N) is 1. The van der Waals surface area contributed by atoms with Crippen LogP contribution in [0.3, 0.4) is 0 Å². The minimum absolute atomic E-state index is 0.195. The minimum Gasteiger partial charge on any atom is -0.448 e. The Balaban J connectivity index is 2.31. The van der Waals surface area contributed by atoms with Gasteiger partial charge in [0.15, 0.2) is 0 Å². The number of hydrogen-bond acceptors (Lipinski definition) is 4. The summed E-state index contributed by atoms with van der Waals surface area (Å²) < 4.78 is 9.97. The van der Waals surface area contributed by atoms with Crippen LogP contribution in [0.4, 0.5) is 4.79 Å². The van der Waals surface area contributed by atoms with Gasteiger partial charge in [-0.1, -0.05) is 6.92 Å². The maximum atomic E-state index is 11.2. The fourth-order valence-electron chi connectivity index (χ4n) is 1.58. The number of ether oxygens (including phenoxy) is 2. The molecule has 0 bridgehead atoms. The van der Waals surface area contributed by atoms with Crippen molar-refractivity contribution in [1.82, 2.24) is 10.2 Å². The molecule has 1 saturated heterocycles. The van der Waals surface area contributed by atoms with Crippen LogP contribution in [0, 0.1) is 0 Å². The summed E-state index contributed by atoms with van der Waals surface area (Å²) in [6.45, 7) is 5.52. The average Bonchev–Trinajstić information content (AvgIpc) is 2.61. The van der Waals surface area contributed by atoms with Gasteiger partial charge in [0.2, 0.25) is 0 Å². The number of nitrogens with one attached hydrogen (secondary N) is 1. The standard InChI is InChI=1S/C10H20N2O3/c1-3-4-11-9(8-14-2)7-12-5-6-15-10(12)13/h9,11H,3-8H2,1-2H3. The molecule has 0 aromatic carbocycles. The molecule has 0 spiro atoms. The molecular weight excluding hydrogens is 196 g/mol. The smallest absolute Gasteiger partial charge is 0.409 e. The third kappa shape index (κ3) is 4.05. The Hall–Kier alpha value is -0.810. The van der Waals surface area contributed by atoms with Gasteiger partial charge in [0.25, 0.3) is 0 Å². The number of carbonyl (C=O) groups excluding carboxylic acids is 1. The monoisotopic (exact) mass is 216 g/mol. The van der Waals surface area contributed by atoms with Gasteiger partial charge in [0.05, 0.1) is 13.2 Å². The highest BCUT2D eigenvalue weighted by molar-refractivity contribution is 5.69. The van der Waals surface area contributed by atoms with E-state index in [1.165, 1.54) is 0 Å². The van der Waals surface area contributed by atoms with Gasteiger partial charge in [-0.15, -0.1) is 0 Å². The number of amides is 1. The highest BCUT2D eigenvalue weighted by atomic mass is 16.6. The third-order valence-corrected chi connectivity index (χ3v) is 2.34. The summed E-state index contributed by atoms with van der Waals surface area (Å²) >= 11 is 0. The van der Waals surface area contributed by atoms with Gasteiger partial charge in [-0.05, 0) is 13.0 Å². The molecule has 0 saturated carbocycles. The molecule has 1 N–H and O–H groups in total. The lowest BCUT2D eigenvalue weighted by atomic mass is 10.2. The Morgan fingerprint density at radius 1 is 1.67 bits per heavy atom. The van der Waals surface area contributed by atoms with E-state index in [9.17, 15) is 4.79 Å². The Labute approximate surface area is 90.7 Å². The van der Waals surface area contributed by atoms with Gasteiger partial charge in [0.1, 0.15) is 6.61 Å². The number of carbonyl (C=O) groups is 1. The molecule has 1 aliphatic rings. The average molecular weight is 216 g/mol. The molecular formula is C10H20N2O3. The maximum absolute atomic E-state index is 11.2. The summed E-state index contributed by atoms with van der Waals surface area (Å²) in [5, 5.41) is 3.34. The molecule has 1 atom stereocenters. The van der Waals surface area contributed by atoms with Gasteiger partial charge in [-0.25, -0.2) is 4.79 Å². The fourth-order valence-corrected chi connectivity index (χ4v) is 1.58. The number of hydrogen-bond donors (Lipinski definition) is 1. The van der Waals surface area contributed by atoms with E-state index < -0.39 is 0 Å². The van der Waals surface area contributed by atoms with Crippen molar-refractivity contribution in [1.29, 1.82) is 0 Å². The first-order valence-electron chi connectivity index (χ1n) is 5.42. The maximum Gasteiger partial charge on any atom is 0.409 e. The van der Waals surface area contributed by atoms with Gasteiger partial charge >= 0.3 is 6.09 Å². The van der Waals surface area contributed by atoms with E-state index in [-0.39, 0.29) is 12.1 Å². The van der Waals surface area contributed by atoms with Crippen LogP contribution in [-0.4, -0.2) is 57.0 Å². The first-order valence-corrected chi connectivity index (χ1v) is 5.42. The van der Waals surface area contributed by atoms with E-state index in [1.54, 1.807) is 12.0 Å². The first kappa shape index (κ1) is 12.3. The molecule has 1 rings (SSSR count). The summed E-state index contributed by atoms with van der Waals surface area (Å²) in [5.41, 5.74) is 0. The van der Waals surface area contributed by atoms with Crippen LogP contribution < -0.4 is 5.32 Å². The van der Waals surface area contributed by atoms with Crippen molar-refractivity contribution in [3.05, 3.63) is 0 Å². The molecule has 0 aliphatic carbocycles. The molecule has 1 unspecified atom stereocenters. The molecule has 88 valence electrons. The molecule has 1 fully saturated rings. The molecule has 15 heavy (non-hydrogen) atoms. The molecule has 5 nitrogen and oxygen atoms in total. The van der Waals surface area contributed by atoms with Crippen molar-refractivity contribution in [2.45, 2.75) is 19.4 Å². The van der Waals surface area contributed by atoms with Crippen LogP contribution in [0.5, 0.6) is 0 Å². The Bertz CT molecular complexity index is 199. The molecule has 1 aliphatic heterocycles. The zero-order valence-corrected chi connectivity index (χ0v) is 9.49. The number of methoxy groups -OCH3 is 1. The summed E-state index contributed by atoms with van der Waals surface area (Å²) in [7, 11) is 1.67.